The SMILES string of the molecule is COC(=O)CCN(CCOCCO)C(=O)/C=C/c1cccc(OC(C)C)c1. The van der Waals surface area contributed by atoms with Gasteiger partial charge in [-0.3, -0.25) is 9.59 Å². The first-order valence-corrected chi connectivity index (χ1v) is 8.95. The number of esters is 1. The van der Waals surface area contributed by atoms with Crippen molar-refractivity contribution in [3.8, 4) is 5.75 Å². The number of benzene rings is 1. The number of carbonyl (C=O) groups excluding carboxylic acids is 2. The van der Waals surface area contributed by atoms with Gasteiger partial charge in [-0.25, -0.2) is 0 Å². The van der Waals surface area contributed by atoms with Gasteiger partial charge in [0.05, 0.1) is 39.5 Å². The van der Waals surface area contributed by atoms with Crippen LogP contribution in [0.2, 0.25) is 0 Å². The van der Waals surface area contributed by atoms with Crippen molar-refractivity contribution in [2.45, 2.75) is 26.4 Å². The van der Waals surface area contributed by atoms with Crippen LogP contribution in [-0.4, -0.2) is 68.0 Å². The van der Waals surface area contributed by atoms with E-state index >= 15 is 0 Å². The van der Waals surface area contributed by atoms with Crippen LogP contribution in [0.4, 0.5) is 0 Å². The number of aliphatic hydroxyl groups excluding tert-OH is 1. The summed E-state index contributed by atoms with van der Waals surface area (Å²) in [6.07, 6.45) is 3.33. The highest BCUT2D eigenvalue weighted by Crippen LogP contribution is 2.16. The Morgan fingerprint density at radius 1 is 1.22 bits per heavy atom. The fraction of sp³-hybridized carbons (Fsp3) is 0.500. The molecule has 0 saturated carbocycles. The van der Waals surface area contributed by atoms with Crippen molar-refractivity contribution in [2.75, 3.05) is 40.0 Å². The molecule has 0 aliphatic heterocycles. The zero-order chi connectivity index (χ0) is 20.1. The number of rotatable bonds is 12. The van der Waals surface area contributed by atoms with E-state index in [9.17, 15) is 9.59 Å². The standard InChI is InChI=1S/C20H29NO6/c1-16(2)27-18-6-4-5-17(15-18)7-8-19(23)21(10-9-20(24)25-3)11-13-26-14-12-22/h4-8,15-16,22H,9-14H2,1-3H3/b8-7+. The Morgan fingerprint density at radius 3 is 2.67 bits per heavy atom. The molecule has 0 aliphatic rings. The lowest BCUT2D eigenvalue weighted by Gasteiger charge is -2.20. The molecule has 7 nitrogen and oxygen atoms in total. The molecule has 1 amide bonds. The third kappa shape index (κ3) is 9.77. The first kappa shape index (κ1) is 22.7. The van der Waals surface area contributed by atoms with Crippen molar-refractivity contribution in [1.29, 1.82) is 0 Å². The third-order valence-corrected chi connectivity index (χ3v) is 3.51. The fourth-order valence-corrected chi connectivity index (χ4v) is 2.24. The van der Waals surface area contributed by atoms with Gasteiger partial charge < -0.3 is 24.2 Å². The average Bonchev–Trinajstić information content (AvgIpc) is 2.65. The summed E-state index contributed by atoms with van der Waals surface area (Å²) in [6.45, 7) is 4.85. The van der Waals surface area contributed by atoms with Crippen molar-refractivity contribution in [3.63, 3.8) is 0 Å². The van der Waals surface area contributed by atoms with E-state index in [1.54, 1.807) is 6.08 Å². The van der Waals surface area contributed by atoms with E-state index in [-0.39, 0.29) is 50.8 Å². The van der Waals surface area contributed by atoms with Gasteiger partial charge in [0, 0.05) is 19.2 Å². The normalized spacial score (nSPS) is 11.0. The number of carbonyl (C=O) groups is 2. The quantitative estimate of drug-likeness (QED) is 0.339. The molecule has 0 aliphatic carbocycles. The van der Waals surface area contributed by atoms with Crippen LogP contribution < -0.4 is 4.74 Å². The van der Waals surface area contributed by atoms with Crippen LogP contribution in [0.25, 0.3) is 6.08 Å². The number of amides is 1. The van der Waals surface area contributed by atoms with E-state index in [4.69, 9.17) is 14.6 Å². The topological polar surface area (TPSA) is 85.3 Å². The summed E-state index contributed by atoms with van der Waals surface area (Å²) in [4.78, 5) is 25.4. The molecule has 0 bridgehead atoms. The number of methoxy groups -OCH3 is 1. The molecule has 0 radical (unpaired) electrons. The Kier molecular flexibility index (Phi) is 10.8. The lowest BCUT2D eigenvalue weighted by atomic mass is 10.2. The third-order valence-electron chi connectivity index (χ3n) is 3.51. The van der Waals surface area contributed by atoms with Crippen LogP contribution in [-0.2, 0) is 19.1 Å². The second kappa shape index (κ2) is 12.9. The Balaban J connectivity index is 2.71. The molecule has 27 heavy (non-hydrogen) atoms. The van der Waals surface area contributed by atoms with Gasteiger partial charge in [-0.1, -0.05) is 12.1 Å². The molecule has 1 rings (SSSR count). The van der Waals surface area contributed by atoms with Gasteiger partial charge in [-0.15, -0.1) is 0 Å². The number of aliphatic hydroxyl groups is 1. The summed E-state index contributed by atoms with van der Waals surface area (Å²) in [5.74, 6) is 0.118. The van der Waals surface area contributed by atoms with Crippen molar-refractivity contribution in [1.82, 2.24) is 4.90 Å². The Bertz CT molecular complexity index is 614. The largest absolute Gasteiger partial charge is 0.491 e. The van der Waals surface area contributed by atoms with Crippen LogP contribution in [0.5, 0.6) is 5.75 Å². The molecule has 1 aromatic carbocycles. The maximum absolute atomic E-state index is 12.5. The molecule has 0 atom stereocenters. The Morgan fingerprint density at radius 2 is 2.00 bits per heavy atom. The van der Waals surface area contributed by atoms with E-state index in [1.165, 1.54) is 18.1 Å². The molecule has 0 unspecified atom stereocenters. The molecule has 150 valence electrons. The van der Waals surface area contributed by atoms with Gasteiger partial charge in [-0.05, 0) is 37.6 Å². The molecular formula is C20H29NO6. The van der Waals surface area contributed by atoms with Gasteiger partial charge in [0.2, 0.25) is 5.91 Å². The lowest BCUT2D eigenvalue weighted by Crippen LogP contribution is -2.35. The van der Waals surface area contributed by atoms with Gasteiger partial charge in [0.1, 0.15) is 5.75 Å². The Labute approximate surface area is 160 Å². The summed E-state index contributed by atoms with van der Waals surface area (Å²) < 4.78 is 15.5. The van der Waals surface area contributed by atoms with Crippen molar-refractivity contribution >= 4 is 18.0 Å². The van der Waals surface area contributed by atoms with Crippen LogP contribution in [0.3, 0.4) is 0 Å². The first-order chi connectivity index (χ1) is 13.0. The van der Waals surface area contributed by atoms with Crippen molar-refractivity contribution < 1.29 is 28.9 Å². The van der Waals surface area contributed by atoms with Gasteiger partial charge in [0.15, 0.2) is 0 Å². The zero-order valence-corrected chi connectivity index (χ0v) is 16.2. The summed E-state index contributed by atoms with van der Waals surface area (Å²) in [5, 5.41) is 8.75. The van der Waals surface area contributed by atoms with Gasteiger partial charge >= 0.3 is 5.97 Å². The summed E-state index contributed by atoms with van der Waals surface area (Å²) >= 11 is 0. The number of nitrogens with zero attached hydrogens (tertiary/aromatic N) is 1. The molecule has 1 N–H and O–H groups in total. The van der Waals surface area contributed by atoms with Crippen molar-refractivity contribution in [2.24, 2.45) is 0 Å². The van der Waals surface area contributed by atoms with Crippen LogP contribution >= 0.6 is 0 Å². The van der Waals surface area contributed by atoms with Gasteiger partial charge in [-0.2, -0.15) is 0 Å². The van der Waals surface area contributed by atoms with E-state index in [2.05, 4.69) is 4.74 Å². The highest BCUT2D eigenvalue weighted by molar-refractivity contribution is 5.92. The van der Waals surface area contributed by atoms with E-state index < -0.39 is 0 Å². The minimum absolute atomic E-state index is 0.0681. The summed E-state index contributed by atoms with van der Waals surface area (Å²) in [6, 6.07) is 7.45. The highest BCUT2D eigenvalue weighted by atomic mass is 16.5. The molecule has 7 heteroatoms. The summed E-state index contributed by atoms with van der Waals surface area (Å²) in [7, 11) is 1.31. The predicted octanol–water partition coefficient (Wildman–Crippen LogP) is 1.89. The summed E-state index contributed by atoms with van der Waals surface area (Å²) in [5.41, 5.74) is 0.839. The molecule has 0 spiro atoms. The molecule has 0 heterocycles. The van der Waals surface area contributed by atoms with E-state index in [0.717, 1.165) is 11.3 Å². The van der Waals surface area contributed by atoms with Crippen LogP contribution in [0, 0.1) is 0 Å². The minimum atomic E-state index is -0.383. The number of hydrogen-bond acceptors (Lipinski definition) is 6. The number of ether oxygens (including phenoxy) is 3. The number of hydrogen-bond donors (Lipinski definition) is 1. The molecule has 0 fully saturated rings. The van der Waals surface area contributed by atoms with E-state index in [1.807, 2.05) is 38.1 Å². The smallest absolute Gasteiger partial charge is 0.307 e. The lowest BCUT2D eigenvalue weighted by molar-refractivity contribution is -0.141. The Hall–Kier alpha value is -2.38. The highest BCUT2D eigenvalue weighted by Gasteiger charge is 2.13. The van der Waals surface area contributed by atoms with E-state index in [0.29, 0.717) is 6.54 Å². The monoisotopic (exact) mass is 379 g/mol. The molecular weight excluding hydrogens is 350 g/mol. The minimum Gasteiger partial charge on any atom is -0.491 e. The maximum Gasteiger partial charge on any atom is 0.307 e. The first-order valence-electron chi connectivity index (χ1n) is 8.95. The molecule has 0 saturated heterocycles. The molecule has 0 aromatic heterocycles. The fourth-order valence-electron chi connectivity index (χ4n) is 2.24. The van der Waals surface area contributed by atoms with Crippen LogP contribution in [0.1, 0.15) is 25.8 Å². The predicted molar refractivity (Wildman–Crippen MR) is 102 cm³/mol. The second-order valence-electron chi connectivity index (χ2n) is 6.06. The van der Waals surface area contributed by atoms with Crippen LogP contribution in [0.15, 0.2) is 30.3 Å². The maximum atomic E-state index is 12.5. The average molecular weight is 379 g/mol. The van der Waals surface area contributed by atoms with Crippen molar-refractivity contribution in [3.05, 3.63) is 35.9 Å². The van der Waals surface area contributed by atoms with Gasteiger partial charge in [0.25, 0.3) is 0 Å². The molecule has 1 aromatic rings. The second-order valence-corrected chi connectivity index (χ2v) is 6.06. The zero-order valence-electron chi connectivity index (χ0n) is 16.2.